The molecule has 1 fully saturated rings. The molecular weight excluding hydrogens is 521 g/mol. The first-order valence-electron chi connectivity index (χ1n) is 10.3. The molecule has 3 amide bonds. The molecule has 9 nitrogen and oxygen atoms in total. The van der Waals surface area contributed by atoms with Gasteiger partial charge in [-0.2, -0.15) is 0 Å². The Morgan fingerprint density at radius 3 is 2.42 bits per heavy atom. The summed E-state index contributed by atoms with van der Waals surface area (Å²) in [5.41, 5.74) is -0.717. The van der Waals surface area contributed by atoms with E-state index in [1.54, 1.807) is 17.5 Å². The molecule has 3 aromatic rings. The van der Waals surface area contributed by atoms with E-state index in [0.29, 0.717) is 5.56 Å². The van der Waals surface area contributed by atoms with Gasteiger partial charge >= 0.3 is 12.4 Å². The zero-order valence-electron chi connectivity index (χ0n) is 18.8. The number of carbonyl (C=O) groups excluding carboxylic acids is 2. The van der Waals surface area contributed by atoms with E-state index < -0.39 is 39.6 Å². The maximum Gasteiger partial charge on any atom is 0.573 e. The quantitative estimate of drug-likeness (QED) is 0.439. The van der Waals surface area contributed by atoms with E-state index in [1.165, 1.54) is 49.2 Å². The number of nitrogens with zero attached hydrogens (tertiary/aromatic N) is 3. The normalized spacial score (nSPS) is 15.9. The van der Waals surface area contributed by atoms with Gasteiger partial charge in [-0.3, -0.25) is 9.52 Å². The second-order valence-corrected chi connectivity index (χ2v) is 11.1. The monoisotopic (exact) mass is 540 g/mol. The minimum atomic E-state index is -4.87. The second kappa shape index (κ2) is 9.09. The fourth-order valence-electron chi connectivity index (χ4n) is 3.54. The van der Waals surface area contributed by atoms with Crippen LogP contribution >= 0.6 is 11.3 Å². The van der Waals surface area contributed by atoms with Crippen molar-refractivity contribution in [3.05, 3.63) is 65.7 Å². The van der Waals surface area contributed by atoms with Crippen LogP contribution in [0.5, 0.6) is 5.75 Å². The number of anilines is 2. The first-order chi connectivity index (χ1) is 16.8. The number of benzene rings is 1. The fraction of sp³-hybridized carbons (Fsp3) is 0.227. The van der Waals surface area contributed by atoms with Crippen LogP contribution in [0.1, 0.15) is 19.4 Å². The Bertz CT molecular complexity index is 1390. The molecule has 0 radical (unpaired) electrons. The van der Waals surface area contributed by atoms with Crippen LogP contribution in [-0.4, -0.2) is 42.1 Å². The lowest BCUT2D eigenvalue weighted by molar-refractivity contribution is -0.274. The molecule has 0 atom stereocenters. The summed E-state index contributed by atoms with van der Waals surface area (Å²) in [4.78, 5) is 32.5. The summed E-state index contributed by atoms with van der Waals surface area (Å²) < 4.78 is 68.6. The summed E-state index contributed by atoms with van der Waals surface area (Å²) in [6, 6.07) is 9.76. The standard InChI is InChI=1S/C22H19F3N4O5S2/c1-21(2)19(30)29(15-5-7-16(8-6-15)34-22(23,24)25)20(31)28(21)13-14-9-10-26-17(12-14)27-36(32,33)18-4-3-11-35-18/h3-12H,13H2,1-2H3,(H,26,27). The molecule has 1 saturated heterocycles. The summed E-state index contributed by atoms with van der Waals surface area (Å²) in [7, 11) is -3.83. The van der Waals surface area contributed by atoms with Gasteiger partial charge in [0.1, 0.15) is 21.3 Å². The van der Waals surface area contributed by atoms with Crippen molar-refractivity contribution in [3.63, 3.8) is 0 Å². The molecule has 14 heteroatoms. The van der Waals surface area contributed by atoms with E-state index in [1.807, 2.05) is 0 Å². The minimum Gasteiger partial charge on any atom is -0.406 e. The number of urea groups is 1. The maximum absolute atomic E-state index is 13.2. The van der Waals surface area contributed by atoms with Gasteiger partial charge in [-0.25, -0.2) is 23.1 Å². The molecule has 0 saturated carbocycles. The van der Waals surface area contributed by atoms with Crippen molar-refractivity contribution in [1.82, 2.24) is 9.88 Å². The number of alkyl halides is 3. The molecule has 190 valence electrons. The minimum absolute atomic E-state index is 0.0359. The van der Waals surface area contributed by atoms with Crippen molar-refractivity contribution in [1.29, 1.82) is 0 Å². The second-order valence-electron chi connectivity index (χ2n) is 8.20. The van der Waals surface area contributed by atoms with Gasteiger partial charge in [-0.05, 0) is 67.3 Å². The molecule has 0 aliphatic carbocycles. The Balaban J connectivity index is 1.55. The summed E-state index contributed by atoms with van der Waals surface area (Å²) in [5.74, 6) is -1.03. The van der Waals surface area contributed by atoms with Crippen molar-refractivity contribution >= 4 is 44.8 Å². The van der Waals surface area contributed by atoms with E-state index in [0.717, 1.165) is 28.4 Å². The number of halogens is 3. The van der Waals surface area contributed by atoms with Crippen LogP contribution in [0, 0.1) is 0 Å². The third-order valence-electron chi connectivity index (χ3n) is 5.32. The van der Waals surface area contributed by atoms with Crippen molar-refractivity contribution in [2.45, 2.75) is 36.5 Å². The smallest absolute Gasteiger partial charge is 0.406 e. The number of amides is 3. The van der Waals surface area contributed by atoms with Crippen LogP contribution in [0.25, 0.3) is 0 Å². The number of carbonyl (C=O) groups is 2. The van der Waals surface area contributed by atoms with Gasteiger partial charge < -0.3 is 9.64 Å². The Morgan fingerprint density at radius 1 is 1.11 bits per heavy atom. The first kappa shape index (κ1) is 25.4. The van der Waals surface area contributed by atoms with Gasteiger partial charge in [0.05, 0.1) is 5.69 Å². The number of pyridine rings is 1. The van der Waals surface area contributed by atoms with Gasteiger partial charge in [0.25, 0.3) is 15.9 Å². The molecule has 0 spiro atoms. The average Bonchev–Trinajstić information content (AvgIpc) is 3.38. The van der Waals surface area contributed by atoms with Crippen molar-refractivity contribution in [3.8, 4) is 5.75 Å². The van der Waals surface area contributed by atoms with Crippen molar-refractivity contribution < 1.29 is 35.9 Å². The summed E-state index contributed by atoms with van der Waals surface area (Å²) in [6.45, 7) is 3.02. The van der Waals surface area contributed by atoms with Crippen molar-refractivity contribution in [2.24, 2.45) is 0 Å². The van der Waals surface area contributed by atoms with Crippen LogP contribution in [-0.2, 0) is 21.4 Å². The zero-order valence-corrected chi connectivity index (χ0v) is 20.4. The highest BCUT2D eigenvalue weighted by Gasteiger charge is 2.51. The van der Waals surface area contributed by atoms with Crippen LogP contribution in [0.2, 0.25) is 0 Å². The molecule has 1 aliphatic rings. The van der Waals surface area contributed by atoms with E-state index in [2.05, 4.69) is 14.4 Å². The van der Waals surface area contributed by atoms with Gasteiger partial charge in [0.15, 0.2) is 0 Å². The van der Waals surface area contributed by atoms with Gasteiger partial charge in [-0.15, -0.1) is 24.5 Å². The third-order valence-corrected chi connectivity index (χ3v) is 8.07. The van der Waals surface area contributed by atoms with E-state index in [4.69, 9.17) is 0 Å². The number of sulfonamides is 1. The molecule has 36 heavy (non-hydrogen) atoms. The SMILES string of the molecule is CC1(C)C(=O)N(c2ccc(OC(F)(F)F)cc2)C(=O)N1Cc1ccnc(NS(=O)(=O)c2cccs2)c1. The summed E-state index contributed by atoms with van der Waals surface area (Å²) >= 11 is 1.04. The lowest BCUT2D eigenvalue weighted by Gasteiger charge is -2.27. The number of rotatable bonds is 7. The highest BCUT2D eigenvalue weighted by Crippen LogP contribution is 2.35. The molecule has 3 heterocycles. The fourth-order valence-corrected chi connectivity index (χ4v) is 5.53. The Hall–Kier alpha value is -3.65. The van der Waals surface area contributed by atoms with Crippen LogP contribution in [0.15, 0.2) is 64.3 Å². The lowest BCUT2D eigenvalue weighted by atomic mass is 10.0. The molecule has 1 aromatic carbocycles. The van der Waals surface area contributed by atoms with Gasteiger partial charge in [-0.1, -0.05) is 6.07 Å². The Labute approximate surface area is 208 Å². The third kappa shape index (κ3) is 5.14. The Morgan fingerprint density at radius 2 is 1.81 bits per heavy atom. The molecule has 4 rings (SSSR count). The van der Waals surface area contributed by atoms with Crippen molar-refractivity contribution in [2.75, 3.05) is 9.62 Å². The number of nitrogens with one attached hydrogen (secondary N) is 1. The van der Waals surface area contributed by atoms with E-state index in [-0.39, 0.29) is 22.3 Å². The largest absolute Gasteiger partial charge is 0.573 e. The van der Waals surface area contributed by atoms with Crippen LogP contribution < -0.4 is 14.4 Å². The maximum atomic E-state index is 13.2. The highest BCUT2D eigenvalue weighted by molar-refractivity contribution is 7.94. The van der Waals surface area contributed by atoms with Crippen LogP contribution in [0.3, 0.4) is 0 Å². The Kier molecular flexibility index (Phi) is 6.43. The summed E-state index contributed by atoms with van der Waals surface area (Å²) in [5, 5.41) is 1.62. The van der Waals surface area contributed by atoms with Gasteiger partial charge in [0, 0.05) is 12.7 Å². The number of hydrogen-bond acceptors (Lipinski definition) is 7. The molecule has 0 unspecified atom stereocenters. The zero-order chi connectivity index (χ0) is 26.3. The average molecular weight is 541 g/mol. The molecule has 0 bridgehead atoms. The molecule has 2 aromatic heterocycles. The van der Waals surface area contributed by atoms with E-state index >= 15 is 0 Å². The summed E-state index contributed by atoms with van der Waals surface area (Å²) in [6.07, 6.45) is -3.50. The topological polar surface area (TPSA) is 109 Å². The molecule has 1 aliphatic heterocycles. The van der Waals surface area contributed by atoms with Crippen LogP contribution in [0.4, 0.5) is 29.5 Å². The first-order valence-corrected chi connectivity index (χ1v) is 12.7. The number of hydrogen-bond donors (Lipinski definition) is 1. The molecular formula is C22H19F3N4O5S2. The highest BCUT2D eigenvalue weighted by atomic mass is 32.2. The van der Waals surface area contributed by atoms with E-state index in [9.17, 15) is 31.2 Å². The van der Waals surface area contributed by atoms with Gasteiger partial charge in [0.2, 0.25) is 0 Å². The number of aromatic nitrogens is 1. The predicted octanol–water partition coefficient (Wildman–Crippen LogP) is 4.59. The number of imide groups is 1. The predicted molar refractivity (Wildman–Crippen MR) is 125 cm³/mol. The number of thiophene rings is 1. The number of ether oxygens (including phenoxy) is 1. The lowest BCUT2D eigenvalue weighted by Crippen LogP contribution is -2.43. The molecule has 1 N–H and O–H groups in total.